The normalized spacial score (nSPS) is 25.3. The van der Waals surface area contributed by atoms with Gasteiger partial charge in [-0.25, -0.2) is 0 Å². The molecule has 0 amide bonds. The van der Waals surface area contributed by atoms with Crippen LogP contribution in [0.25, 0.3) is 0 Å². The fraction of sp³-hybridized carbons (Fsp3) is 1.00. The molecular weight excluding hydrogens is 200 g/mol. The second-order valence-corrected chi connectivity index (χ2v) is 5.31. The van der Waals surface area contributed by atoms with Crippen LogP contribution < -0.4 is 5.73 Å². The van der Waals surface area contributed by atoms with E-state index in [0.29, 0.717) is 6.10 Å². The summed E-state index contributed by atoms with van der Waals surface area (Å²) in [6.07, 6.45) is 8.55. The summed E-state index contributed by atoms with van der Waals surface area (Å²) in [7, 11) is 0. The Morgan fingerprint density at radius 1 is 1.06 bits per heavy atom. The number of likely N-dealkylation sites (tertiary alicyclic amines) is 1. The van der Waals surface area contributed by atoms with Crippen molar-refractivity contribution in [2.45, 2.75) is 44.6 Å². The lowest BCUT2D eigenvalue weighted by Crippen LogP contribution is -2.39. The minimum atomic E-state index is 0.523. The van der Waals surface area contributed by atoms with E-state index >= 15 is 0 Å². The first-order valence-electron chi connectivity index (χ1n) is 6.92. The minimum Gasteiger partial charge on any atom is -0.378 e. The van der Waals surface area contributed by atoms with E-state index < -0.39 is 0 Å². The van der Waals surface area contributed by atoms with E-state index in [9.17, 15) is 0 Å². The average molecular weight is 226 g/mol. The zero-order valence-corrected chi connectivity index (χ0v) is 10.4. The van der Waals surface area contributed by atoms with Gasteiger partial charge < -0.3 is 15.4 Å². The van der Waals surface area contributed by atoms with Crippen LogP contribution in [-0.4, -0.2) is 43.8 Å². The first-order valence-corrected chi connectivity index (χ1v) is 6.92. The highest BCUT2D eigenvalue weighted by Gasteiger charge is 2.21. The number of hydrogen-bond acceptors (Lipinski definition) is 3. The van der Waals surface area contributed by atoms with Gasteiger partial charge in [-0.3, -0.25) is 0 Å². The van der Waals surface area contributed by atoms with Crippen molar-refractivity contribution in [3.8, 4) is 0 Å². The molecule has 1 saturated carbocycles. The standard InChI is InChI=1S/C13H26N2O/c14-7-10-15-8-5-13(6-9-15)16-11-12-3-1-2-4-12/h12-13H,1-11,14H2. The van der Waals surface area contributed by atoms with E-state index in [1.165, 1.54) is 51.6 Å². The molecule has 0 spiro atoms. The number of hydrogen-bond donors (Lipinski definition) is 1. The summed E-state index contributed by atoms with van der Waals surface area (Å²) in [4.78, 5) is 2.45. The fourth-order valence-corrected chi connectivity index (χ4v) is 2.93. The second-order valence-electron chi connectivity index (χ2n) is 5.31. The molecule has 0 aromatic rings. The molecule has 0 unspecified atom stereocenters. The summed E-state index contributed by atoms with van der Waals surface area (Å²) in [6, 6.07) is 0. The number of piperidine rings is 1. The number of rotatable bonds is 5. The molecule has 1 aliphatic heterocycles. The molecule has 2 rings (SSSR count). The third-order valence-corrected chi connectivity index (χ3v) is 4.02. The number of nitrogens with two attached hydrogens (primary N) is 1. The fourth-order valence-electron chi connectivity index (χ4n) is 2.93. The van der Waals surface area contributed by atoms with Gasteiger partial charge in [-0.05, 0) is 31.6 Å². The van der Waals surface area contributed by atoms with Crippen molar-refractivity contribution in [1.29, 1.82) is 0 Å². The first kappa shape index (κ1) is 12.3. The van der Waals surface area contributed by atoms with E-state index in [0.717, 1.165) is 25.6 Å². The van der Waals surface area contributed by atoms with Gasteiger partial charge in [0.25, 0.3) is 0 Å². The van der Waals surface area contributed by atoms with E-state index in [2.05, 4.69) is 4.90 Å². The maximum atomic E-state index is 6.04. The zero-order chi connectivity index (χ0) is 11.2. The van der Waals surface area contributed by atoms with E-state index in [-0.39, 0.29) is 0 Å². The van der Waals surface area contributed by atoms with Gasteiger partial charge in [-0.15, -0.1) is 0 Å². The molecular formula is C13H26N2O. The van der Waals surface area contributed by atoms with Gasteiger partial charge in [0, 0.05) is 32.8 Å². The van der Waals surface area contributed by atoms with Gasteiger partial charge >= 0.3 is 0 Å². The Morgan fingerprint density at radius 2 is 1.75 bits per heavy atom. The molecule has 16 heavy (non-hydrogen) atoms. The van der Waals surface area contributed by atoms with Crippen molar-refractivity contribution in [1.82, 2.24) is 4.90 Å². The van der Waals surface area contributed by atoms with Gasteiger partial charge in [0.2, 0.25) is 0 Å². The van der Waals surface area contributed by atoms with Gasteiger partial charge in [-0.2, -0.15) is 0 Å². The van der Waals surface area contributed by atoms with Gasteiger partial charge in [0.05, 0.1) is 6.10 Å². The predicted octanol–water partition coefficient (Wildman–Crippen LogP) is 1.62. The van der Waals surface area contributed by atoms with Crippen molar-refractivity contribution < 1.29 is 4.74 Å². The lowest BCUT2D eigenvalue weighted by Gasteiger charge is -2.32. The molecule has 2 N–H and O–H groups in total. The summed E-state index contributed by atoms with van der Waals surface area (Å²) < 4.78 is 6.04. The Balaban J connectivity index is 1.57. The Labute approximate surface area is 99.3 Å². The van der Waals surface area contributed by atoms with E-state index in [1.54, 1.807) is 0 Å². The highest BCUT2D eigenvalue weighted by molar-refractivity contribution is 4.74. The maximum Gasteiger partial charge on any atom is 0.0599 e. The Hall–Kier alpha value is -0.120. The molecule has 2 fully saturated rings. The molecule has 0 aromatic heterocycles. The topological polar surface area (TPSA) is 38.5 Å². The molecule has 0 atom stereocenters. The van der Waals surface area contributed by atoms with Crippen LogP contribution in [0.1, 0.15) is 38.5 Å². The summed E-state index contributed by atoms with van der Waals surface area (Å²) in [5.74, 6) is 0.863. The van der Waals surface area contributed by atoms with Crippen LogP contribution in [0.2, 0.25) is 0 Å². The van der Waals surface area contributed by atoms with Gasteiger partial charge in [-0.1, -0.05) is 12.8 Å². The van der Waals surface area contributed by atoms with Crippen molar-refractivity contribution in [2.24, 2.45) is 11.7 Å². The second kappa shape index (κ2) is 6.58. The van der Waals surface area contributed by atoms with E-state index in [1.807, 2.05) is 0 Å². The third-order valence-electron chi connectivity index (χ3n) is 4.02. The van der Waals surface area contributed by atoms with Crippen LogP contribution in [0, 0.1) is 5.92 Å². The smallest absolute Gasteiger partial charge is 0.0599 e. The molecule has 0 bridgehead atoms. The van der Waals surface area contributed by atoms with Crippen LogP contribution in [0.4, 0.5) is 0 Å². The Kier molecular flexibility index (Phi) is 5.07. The van der Waals surface area contributed by atoms with Crippen molar-refractivity contribution in [3.05, 3.63) is 0 Å². The molecule has 3 nitrogen and oxygen atoms in total. The lowest BCUT2D eigenvalue weighted by atomic mass is 10.1. The third kappa shape index (κ3) is 3.72. The minimum absolute atomic E-state index is 0.523. The quantitative estimate of drug-likeness (QED) is 0.774. The molecule has 94 valence electrons. The van der Waals surface area contributed by atoms with Crippen molar-refractivity contribution in [2.75, 3.05) is 32.8 Å². The molecule has 1 aliphatic carbocycles. The molecule has 0 radical (unpaired) electrons. The Morgan fingerprint density at radius 3 is 2.38 bits per heavy atom. The summed E-state index contributed by atoms with van der Waals surface area (Å²) in [5.41, 5.74) is 5.56. The summed E-state index contributed by atoms with van der Waals surface area (Å²) in [5, 5.41) is 0. The molecule has 2 aliphatic rings. The van der Waals surface area contributed by atoms with E-state index in [4.69, 9.17) is 10.5 Å². The first-order chi connectivity index (χ1) is 7.88. The number of nitrogens with zero attached hydrogens (tertiary/aromatic N) is 1. The summed E-state index contributed by atoms with van der Waals surface area (Å²) in [6.45, 7) is 5.20. The van der Waals surface area contributed by atoms with Crippen molar-refractivity contribution in [3.63, 3.8) is 0 Å². The monoisotopic (exact) mass is 226 g/mol. The van der Waals surface area contributed by atoms with Gasteiger partial charge in [0.15, 0.2) is 0 Å². The van der Waals surface area contributed by atoms with Gasteiger partial charge in [0.1, 0.15) is 0 Å². The largest absolute Gasteiger partial charge is 0.378 e. The molecule has 1 heterocycles. The average Bonchev–Trinajstić information content (AvgIpc) is 2.82. The predicted molar refractivity (Wildman–Crippen MR) is 66.4 cm³/mol. The zero-order valence-electron chi connectivity index (χ0n) is 10.4. The Bertz CT molecular complexity index is 184. The van der Waals surface area contributed by atoms with Crippen LogP contribution in [0.15, 0.2) is 0 Å². The van der Waals surface area contributed by atoms with Crippen LogP contribution in [0.3, 0.4) is 0 Å². The lowest BCUT2D eigenvalue weighted by molar-refractivity contribution is -0.00772. The molecule has 1 saturated heterocycles. The van der Waals surface area contributed by atoms with Crippen LogP contribution in [0.5, 0.6) is 0 Å². The highest BCUT2D eigenvalue weighted by Crippen LogP contribution is 2.26. The van der Waals surface area contributed by atoms with Crippen LogP contribution >= 0.6 is 0 Å². The highest BCUT2D eigenvalue weighted by atomic mass is 16.5. The molecule has 0 aromatic carbocycles. The molecule has 3 heteroatoms. The number of ether oxygens (including phenoxy) is 1. The van der Waals surface area contributed by atoms with Crippen LogP contribution in [-0.2, 0) is 4.74 Å². The SMILES string of the molecule is NCCN1CCC(OCC2CCCC2)CC1. The maximum absolute atomic E-state index is 6.04. The van der Waals surface area contributed by atoms with Crippen molar-refractivity contribution >= 4 is 0 Å². The summed E-state index contributed by atoms with van der Waals surface area (Å²) >= 11 is 0.